The summed E-state index contributed by atoms with van der Waals surface area (Å²) in [6.07, 6.45) is 9.22. The molecule has 4 rings (SSSR count). The molecule has 1 aliphatic heterocycles. The molecule has 24 heavy (non-hydrogen) atoms. The largest absolute Gasteiger partial charge is 0.462 e. The number of hydrogen-bond acceptors (Lipinski definition) is 4. The molecule has 0 amide bonds. The van der Waals surface area contributed by atoms with E-state index in [2.05, 4.69) is 25.6 Å². The summed E-state index contributed by atoms with van der Waals surface area (Å²) in [4.78, 5) is 12.4. The predicted molar refractivity (Wildman–Crippen MR) is 91.8 cm³/mol. The molecule has 1 saturated heterocycles. The topological polar surface area (TPSA) is 58.9 Å². The van der Waals surface area contributed by atoms with Crippen LogP contribution in [0.15, 0.2) is 17.3 Å². The van der Waals surface area contributed by atoms with Crippen molar-refractivity contribution < 1.29 is 14.7 Å². The molecule has 0 aromatic carbocycles. The van der Waals surface area contributed by atoms with Gasteiger partial charge in [-0.1, -0.05) is 26.0 Å². The number of rotatable bonds is 2. The third kappa shape index (κ3) is 2.04. The SMILES string of the molecule is C=C1CCC2C(/C=N/O)C([C@@]3(C)CC[C@H]4C[C@@H]3C(=O)O4)CCC12C. The lowest BCUT2D eigenvalue weighted by atomic mass is 9.50. The normalized spacial score (nSPS) is 51.0. The molecule has 3 saturated carbocycles. The molecule has 4 heteroatoms. The molecule has 4 fully saturated rings. The van der Waals surface area contributed by atoms with Crippen molar-refractivity contribution >= 4 is 12.2 Å². The monoisotopic (exact) mass is 331 g/mol. The molecular formula is C20H29NO3. The van der Waals surface area contributed by atoms with Crippen LogP contribution in [0.3, 0.4) is 0 Å². The van der Waals surface area contributed by atoms with Gasteiger partial charge in [0.15, 0.2) is 0 Å². The van der Waals surface area contributed by atoms with E-state index in [4.69, 9.17) is 4.74 Å². The van der Waals surface area contributed by atoms with Crippen molar-refractivity contribution in [3.63, 3.8) is 0 Å². The van der Waals surface area contributed by atoms with Crippen LogP contribution >= 0.6 is 0 Å². The van der Waals surface area contributed by atoms with E-state index in [-0.39, 0.29) is 34.7 Å². The van der Waals surface area contributed by atoms with Gasteiger partial charge in [0.25, 0.3) is 0 Å². The fourth-order valence-corrected chi connectivity index (χ4v) is 6.62. The summed E-state index contributed by atoms with van der Waals surface area (Å²) in [5.41, 5.74) is 1.48. The Hall–Kier alpha value is -1.32. The third-order valence-electron chi connectivity index (χ3n) is 8.24. The first-order valence-corrected chi connectivity index (χ1v) is 9.46. The Bertz CT molecular complexity index is 600. The summed E-state index contributed by atoms with van der Waals surface area (Å²) in [6.45, 7) is 8.95. The second-order valence-electron chi connectivity index (χ2n) is 9.04. The average Bonchev–Trinajstić information content (AvgIpc) is 3.03. The molecular weight excluding hydrogens is 302 g/mol. The Balaban J connectivity index is 1.70. The minimum absolute atomic E-state index is 0.00357. The van der Waals surface area contributed by atoms with Crippen LogP contribution in [-0.4, -0.2) is 23.5 Å². The number of oxime groups is 1. The highest BCUT2D eigenvalue weighted by molar-refractivity contribution is 5.76. The smallest absolute Gasteiger partial charge is 0.309 e. The van der Waals surface area contributed by atoms with Crippen LogP contribution in [0.2, 0.25) is 0 Å². The summed E-state index contributed by atoms with van der Waals surface area (Å²) < 4.78 is 5.55. The van der Waals surface area contributed by atoms with Crippen molar-refractivity contribution in [3.8, 4) is 0 Å². The molecule has 4 unspecified atom stereocenters. The summed E-state index contributed by atoms with van der Waals surface area (Å²) in [7, 11) is 0. The fourth-order valence-electron chi connectivity index (χ4n) is 6.62. The van der Waals surface area contributed by atoms with Crippen LogP contribution in [0.25, 0.3) is 0 Å². The maximum absolute atomic E-state index is 12.4. The predicted octanol–water partition coefficient (Wildman–Crippen LogP) is 4.18. The lowest BCUT2D eigenvalue weighted by Crippen LogP contribution is -2.50. The zero-order valence-electron chi connectivity index (χ0n) is 14.8. The molecule has 1 heterocycles. The molecule has 0 radical (unpaired) electrons. The van der Waals surface area contributed by atoms with Crippen molar-refractivity contribution in [2.24, 2.45) is 39.7 Å². The van der Waals surface area contributed by atoms with Crippen LogP contribution in [0, 0.1) is 34.5 Å². The van der Waals surface area contributed by atoms with Crippen molar-refractivity contribution in [2.75, 3.05) is 0 Å². The van der Waals surface area contributed by atoms with E-state index < -0.39 is 0 Å². The van der Waals surface area contributed by atoms with E-state index in [1.165, 1.54) is 5.57 Å². The van der Waals surface area contributed by atoms with E-state index in [1.807, 2.05) is 0 Å². The molecule has 2 bridgehead atoms. The van der Waals surface area contributed by atoms with Gasteiger partial charge in [0.05, 0.1) is 5.92 Å². The highest BCUT2D eigenvalue weighted by Gasteiger charge is 2.60. The first-order chi connectivity index (χ1) is 11.4. The van der Waals surface area contributed by atoms with E-state index >= 15 is 0 Å². The van der Waals surface area contributed by atoms with Crippen LogP contribution < -0.4 is 0 Å². The van der Waals surface area contributed by atoms with Gasteiger partial charge in [-0.15, -0.1) is 5.16 Å². The number of esters is 1. The zero-order chi connectivity index (χ0) is 17.1. The Morgan fingerprint density at radius 3 is 2.79 bits per heavy atom. The molecule has 1 N–H and O–H groups in total. The zero-order valence-corrected chi connectivity index (χ0v) is 14.8. The maximum atomic E-state index is 12.4. The number of carbonyl (C=O) groups is 1. The second-order valence-corrected chi connectivity index (χ2v) is 9.04. The molecule has 4 nitrogen and oxygen atoms in total. The minimum Gasteiger partial charge on any atom is -0.462 e. The molecule has 0 aromatic rings. The van der Waals surface area contributed by atoms with Crippen LogP contribution in [-0.2, 0) is 9.53 Å². The van der Waals surface area contributed by atoms with Crippen LogP contribution in [0.4, 0.5) is 0 Å². The van der Waals surface area contributed by atoms with Gasteiger partial charge in [0.1, 0.15) is 6.10 Å². The molecule has 7 atom stereocenters. The molecule has 0 spiro atoms. The van der Waals surface area contributed by atoms with Gasteiger partial charge in [0, 0.05) is 12.1 Å². The highest BCUT2D eigenvalue weighted by atomic mass is 16.6. The van der Waals surface area contributed by atoms with Gasteiger partial charge in [-0.2, -0.15) is 0 Å². The summed E-state index contributed by atoms with van der Waals surface area (Å²) in [6, 6.07) is 0. The average molecular weight is 331 g/mol. The van der Waals surface area contributed by atoms with E-state index in [1.54, 1.807) is 6.21 Å². The molecule has 3 aliphatic carbocycles. The molecule has 4 aliphatic rings. The molecule has 132 valence electrons. The first kappa shape index (κ1) is 16.2. The number of nitrogens with zero attached hydrogens (tertiary/aromatic N) is 1. The standard InChI is InChI=1S/C20H29NO3/c1-12-4-5-15-14(11-21-23)16(7-9-19(12,15)2)20(3)8-6-13-10-17(20)18(22)24-13/h11,13-17,23H,1,4-10H2,2-3H3/b21-11+/t13-,14?,15?,16?,17+,19?,20+/m0/s1. The van der Waals surface area contributed by atoms with Crippen molar-refractivity contribution in [3.05, 3.63) is 12.2 Å². The summed E-state index contributed by atoms with van der Waals surface area (Å²) in [5.74, 6) is 1.11. The first-order valence-electron chi connectivity index (χ1n) is 9.46. The number of hydrogen-bond donors (Lipinski definition) is 1. The Labute approximate surface area is 144 Å². The van der Waals surface area contributed by atoms with Crippen LogP contribution in [0.5, 0.6) is 0 Å². The quantitative estimate of drug-likeness (QED) is 0.271. The van der Waals surface area contributed by atoms with Gasteiger partial charge in [0.2, 0.25) is 0 Å². The maximum Gasteiger partial charge on any atom is 0.309 e. The Kier molecular flexibility index (Phi) is 3.59. The number of ether oxygens (including phenoxy) is 1. The number of fused-ring (bicyclic) bond motifs is 3. The van der Waals surface area contributed by atoms with Gasteiger partial charge in [-0.05, 0) is 67.6 Å². The van der Waals surface area contributed by atoms with Crippen molar-refractivity contribution in [2.45, 2.75) is 64.9 Å². The summed E-state index contributed by atoms with van der Waals surface area (Å²) in [5, 5.41) is 12.8. The highest BCUT2D eigenvalue weighted by Crippen LogP contribution is 2.64. The number of carbonyl (C=O) groups excluding carboxylic acids is 1. The number of allylic oxidation sites excluding steroid dienone is 1. The van der Waals surface area contributed by atoms with E-state index in [0.29, 0.717) is 11.8 Å². The second kappa shape index (κ2) is 5.34. The van der Waals surface area contributed by atoms with Gasteiger partial charge < -0.3 is 9.94 Å². The third-order valence-corrected chi connectivity index (χ3v) is 8.24. The van der Waals surface area contributed by atoms with Gasteiger partial charge >= 0.3 is 5.97 Å². The van der Waals surface area contributed by atoms with Crippen molar-refractivity contribution in [1.82, 2.24) is 0 Å². The Morgan fingerprint density at radius 1 is 1.25 bits per heavy atom. The van der Waals surface area contributed by atoms with Gasteiger partial charge in [-0.25, -0.2) is 0 Å². The minimum atomic E-state index is -0.0405. The Morgan fingerprint density at radius 2 is 2.04 bits per heavy atom. The van der Waals surface area contributed by atoms with E-state index in [0.717, 1.165) is 44.9 Å². The van der Waals surface area contributed by atoms with Crippen molar-refractivity contribution in [1.29, 1.82) is 0 Å². The molecule has 0 aromatic heterocycles. The van der Waals surface area contributed by atoms with Crippen LogP contribution in [0.1, 0.15) is 58.8 Å². The lowest BCUT2D eigenvalue weighted by molar-refractivity contribution is -0.146. The lowest BCUT2D eigenvalue weighted by Gasteiger charge is -2.53. The van der Waals surface area contributed by atoms with E-state index in [9.17, 15) is 10.0 Å². The van der Waals surface area contributed by atoms with Gasteiger partial charge in [-0.3, -0.25) is 4.79 Å². The fraction of sp³-hybridized carbons (Fsp3) is 0.800. The summed E-state index contributed by atoms with van der Waals surface area (Å²) >= 11 is 0.